The van der Waals surface area contributed by atoms with Crippen molar-refractivity contribution < 1.29 is 33.1 Å². The van der Waals surface area contributed by atoms with Crippen LogP contribution in [0.15, 0.2) is 58.9 Å². The lowest BCUT2D eigenvalue weighted by Crippen LogP contribution is -2.51. The van der Waals surface area contributed by atoms with Crippen LogP contribution in [-0.4, -0.2) is 78.3 Å². The van der Waals surface area contributed by atoms with Gasteiger partial charge in [0.15, 0.2) is 5.76 Å². The van der Waals surface area contributed by atoms with Gasteiger partial charge < -0.3 is 28.6 Å². The molecule has 3 aliphatic rings. The number of carbonyl (C=O) groups is 4. The number of allylic oxidation sites excluding steroid dienone is 1. The Balaban J connectivity index is 1.35. The third-order valence-electron chi connectivity index (χ3n) is 8.19. The van der Waals surface area contributed by atoms with Gasteiger partial charge in [0.25, 0.3) is 5.91 Å². The van der Waals surface area contributed by atoms with E-state index >= 15 is 0 Å². The maximum atomic E-state index is 14.0. The molecule has 3 heterocycles. The molecule has 212 valence electrons. The Morgan fingerprint density at radius 3 is 2.42 bits per heavy atom. The van der Waals surface area contributed by atoms with Crippen LogP contribution in [0.25, 0.3) is 0 Å². The first-order valence-corrected chi connectivity index (χ1v) is 13.8. The maximum absolute atomic E-state index is 14.0. The first kappa shape index (κ1) is 27.5. The first-order chi connectivity index (χ1) is 19.4. The number of nitrogens with zero attached hydrogens (tertiary/aromatic N) is 3. The fraction of sp³-hybridized carbons (Fsp3) is 0.467. The highest BCUT2D eigenvalue weighted by Crippen LogP contribution is 2.54. The number of amides is 3. The summed E-state index contributed by atoms with van der Waals surface area (Å²) >= 11 is 0. The number of esters is 1. The third-order valence-corrected chi connectivity index (χ3v) is 8.19. The molecule has 40 heavy (non-hydrogen) atoms. The lowest BCUT2D eigenvalue weighted by Gasteiger charge is -2.37. The summed E-state index contributed by atoms with van der Waals surface area (Å²) in [7, 11) is 1.60. The van der Waals surface area contributed by atoms with Gasteiger partial charge in [0.2, 0.25) is 11.8 Å². The summed E-state index contributed by atoms with van der Waals surface area (Å²) in [6.07, 6.45) is 5.24. The van der Waals surface area contributed by atoms with Gasteiger partial charge in [-0.3, -0.25) is 19.2 Å². The van der Waals surface area contributed by atoms with Crippen LogP contribution in [0.3, 0.4) is 0 Å². The molecule has 2 fully saturated rings. The number of carbonyl (C=O) groups excluding carboxylic acids is 4. The Morgan fingerprint density at radius 1 is 1.05 bits per heavy atom. The number of benzene rings is 1. The summed E-state index contributed by atoms with van der Waals surface area (Å²) in [5.74, 6) is -0.981. The molecule has 5 rings (SSSR count). The second-order valence-corrected chi connectivity index (χ2v) is 10.4. The van der Waals surface area contributed by atoms with Crippen LogP contribution in [0, 0.1) is 11.3 Å². The topological polar surface area (TPSA) is 110 Å². The van der Waals surface area contributed by atoms with E-state index in [1.807, 2.05) is 30.3 Å². The second-order valence-electron chi connectivity index (χ2n) is 10.4. The van der Waals surface area contributed by atoms with Gasteiger partial charge in [-0.2, -0.15) is 0 Å². The quantitative estimate of drug-likeness (QED) is 0.465. The number of piperazine rings is 1. The van der Waals surface area contributed by atoms with E-state index in [-0.39, 0.29) is 43.1 Å². The van der Waals surface area contributed by atoms with Crippen LogP contribution in [-0.2, 0) is 25.7 Å². The van der Waals surface area contributed by atoms with E-state index in [0.717, 1.165) is 18.4 Å². The fourth-order valence-corrected chi connectivity index (χ4v) is 6.12. The van der Waals surface area contributed by atoms with E-state index in [0.29, 0.717) is 44.0 Å². The number of ether oxygens (including phenoxy) is 2. The molecular formula is C30H35N3O7. The summed E-state index contributed by atoms with van der Waals surface area (Å²) in [6.45, 7) is 3.63. The molecule has 1 aromatic heterocycles. The zero-order chi connectivity index (χ0) is 28.3. The van der Waals surface area contributed by atoms with Gasteiger partial charge in [0, 0.05) is 38.3 Å². The third kappa shape index (κ3) is 4.98. The number of likely N-dealkylation sites (tertiary alicyclic amines) is 1. The monoisotopic (exact) mass is 549 g/mol. The van der Waals surface area contributed by atoms with Gasteiger partial charge in [0.05, 0.1) is 32.4 Å². The average Bonchev–Trinajstić information content (AvgIpc) is 3.60. The summed E-state index contributed by atoms with van der Waals surface area (Å²) < 4.78 is 16.0. The fourth-order valence-electron chi connectivity index (χ4n) is 6.12. The highest BCUT2D eigenvalue weighted by molar-refractivity contribution is 5.99. The molecule has 0 N–H and O–H groups in total. The lowest BCUT2D eigenvalue weighted by molar-refractivity contribution is -0.158. The first-order valence-electron chi connectivity index (χ1n) is 13.8. The lowest BCUT2D eigenvalue weighted by atomic mass is 9.68. The van der Waals surface area contributed by atoms with Crippen molar-refractivity contribution in [2.45, 2.75) is 39.2 Å². The van der Waals surface area contributed by atoms with Crippen molar-refractivity contribution in [1.29, 1.82) is 0 Å². The summed E-state index contributed by atoms with van der Waals surface area (Å²) in [5.41, 5.74) is 0.345. The van der Waals surface area contributed by atoms with Crippen LogP contribution in [0.1, 0.15) is 48.7 Å². The highest BCUT2D eigenvalue weighted by Gasteiger charge is 2.62. The molecule has 2 saturated heterocycles. The molecule has 0 bridgehead atoms. The van der Waals surface area contributed by atoms with E-state index in [9.17, 15) is 19.2 Å². The maximum Gasteiger partial charge on any atom is 0.318 e. The minimum absolute atomic E-state index is 0.0970. The van der Waals surface area contributed by atoms with Crippen LogP contribution in [0.5, 0.6) is 5.75 Å². The van der Waals surface area contributed by atoms with Crippen molar-refractivity contribution in [3.63, 3.8) is 0 Å². The predicted octanol–water partition coefficient (Wildman–Crippen LogP) is 3.24. The smallest absolute Gasteiger partial charge is 0.318 e. The number of methoxy groups -OCH3 is 1. The minimum atomic E-state index is -1.19. The predicted molar refractivity (Wildman–Crippen MR) is 144 cm³/mol. The molecule has 1 aliphatic carbocycles. The molecule has 10 nitrogen and oxygen atoms in total. The van der Waals surface area contributed by atoms with Gasteiger partial charge in [-0.05, 0) is 56.0 Å². The summed E-state index contributed by atoms with van der Waals surface area (Å²) in [6, 6.07) is 10.7. The van der Waals surface area contributed by atoms with E-state index in [1.165, 1.54) is 6.26 Å². The molecule has 0 unspecified atom stereocenters. The van der Waals surface area contributed by atoms with Crippen molar-refractivity contribution in [3.05, 3.63) is 65.8 Å². The Labute approximate surface area is 233 Å². The van der Waals surface area contributed by atoms with Crippen molar-refractivity contribution in [2.24, 2.45) is 11.3 Å². The highest BCUT2D eigenvalue weighted by atomic mass is 16.5. The van der Waals surface area contributed by atoms with Crippen molar-refractivity contribution in [2.75, 3.05) is 39.9 Å². The standard InChI is InChI=1S/C30H35N3O7/c1-3-39-29(37)30-13-5-4-8-25(30)33(20-21-9-11-22(38-2)12-10-21)27(35)23(30)19-26(34)31-14-16-32(17-15-31)28(36)24-7-6-18-40-24/h6-12,18,23H,3-5,13-17,19-20H2,1-2H3/t23-,30-/m0/s1. The van der Waals surface area contributed by atoms with E-state index in [4.69, 9.17) is 13.9 Å². The van der Waals surface area contributed by atoms with Gasteiger partial charge >= 0.3 is 5.97 Å². The molecular weight excluding hydrogens is 514 g/mol. The summed E-state index contributed by atoms with van der Waals surface area (Å²) in [5, 5.41) is 0. The number of hydrogen-bond acceptors (Lipinski definition) is 7. The number of hydrogen-bond donors (Lipinski definition) is 0. The Hall–Kier alpha value is -4.08. The minimum Gasteiger partial charge on any atom is -0.497 e. The van der Waals surface area contributed by atoms with E-state index in [1.54, 1.807) is 40.9 Å². The largest absolute Gasteiger partial charge is 0.497 e. The van der Waals surface area contributed by atoms with Crippen molar-refractivity contribution >= 4 is 23.7 Å². The van der Waals surface area contributed by atoms with E-state index in [2.05, 4.69) is 0 Å². The van der Waals surface area contributed by atoms with Crippen LogP contribution >= 0.6 is 0 Å². The van der Waals surface area contributed by atoms with Gasteiger partial charge in [-0.15, -0.1) is 0 Å². The zero-order valence-electron chi connectivity index (χ0n) is 23.0. The van der Waals surface area contributed by atoms with Crippen LogP contribution in [0.4, 0.5) is 0 Å². The number of fused-ring (bicyclic) bond motifs is 1. The normalized spacial score (nSPS) is 22.6. The number of rotatable bonds is 8. The molecule has 0 saturated carbocycles. The Bertz CT molecular complexity index is 1280. The second kappa shape index (κ2) is 11.6. The Kier molecular flexibility index (Phi) is 7.95. The van der Waals surface area contributed by atoms with Crippen molar-refractivity contribution in [3.8, 4) is 5.75 Å². The van der Waals surface area contributed by atoms with Gasteiger partial charge in [0.1, 0.15) is 11.2 Å². The molecule has 2 aromatic rings. The van der Waals surface area contributed by atoms with E-state index < -0.39 is 17.3 Å². The molecule has 1 aromatic carbocycles. The Morgan fingerprint density at radius 2 is 1.77 bits per heavy atom. The van der Waals surface area contributed by atoms with Gasteiger partial charge in [-0.1, -0.05) is 18.2 Å². The van der Waals surface area contributed by atoms with Crippen molar-refractivity contribution in [1.82, 2.24) is 14.7 Å². The molecule has 0 radical (unpaired) electrons. The zero-order valence-corrected chi connectivity index (χ0v) is 23.0. The molecule has 2 atom stereocenters. The SMILES string of the molecule is CCOC(=O)[C@]12CCCC=C1N(Cc1ccc(OC)cc1)C(=O)[C@@H]2CC(=O)N1CCN(C(=O)c2ccco2)CC1. The van der Waals surface area contributed by atoms with Crippen LogP contribution < -0.4 is 4.74 Å². The molecule has 2 aliphatic heterocycles. The summed E-state index contributed by atoms with van der Waals surface area (Å²) in [4.78, 5) is 58.8. The number of furan rings is 1. The average molecular weight is 550 g/mol. The van der Waals surface area contributed by atoms with Crippen LogP contribution in [0.2, 0.25) is 0 Å². The molecule has 10 heteroatoms. The van der Waals surface area contributed by atoms with Gasteiger partial charge in [-0.25, -0.2) is 0 Å². The molecule has 3 amide bonds. The molecule has 0 spiro atoms.